The van der Waals surface area contributed by atoms with Crippen molar-refractivity contribution >= 4 is 39.1 Å². The van der Waals surface area contributed by atoms with E-state index in [2.05, 4.69) is 10.2 Å². The lowest BCUT2D eigenvalue weighted by molar-refractivity contribution is -0.115. The molecule has 8 nitrogen and oxygen atoms in total. The highest BCUT2D eigenvalue weighted by molar-refractivity contribution is 7.99. The highest BCUT2D eigenvalue weighted by Gasteiger charge is 2.22. The van der Waals surface area contributed by atoms with E-state index in [-0.39, 0.29) is 18.2 Å². The zero-order valence-electron chi connectivity index (χ0n) is 17.9. The SMILES string of the molecule is Cc1ccc(N(Cc2nnc(SCC(=O)N(C)c3ccccc3)n2C)S(C)(=O)=O)cc1. The lowest BCUT2D eigenvalue weighted by Crippen LogP contribution is -2.30. The second-order valence-corrected chi connectivity index (χ2v) is 9.99. The Morgan fingerprint density at radius 2 is 1.68 bits per heavy atom. The number of carbonyl (C=O) groups excluding carboxylic acids is 1. The predicted molar refractivity (Wildman–Crippen MR) is 124 cm³/mol. The molecule has 31 heavy (non-hydrogen) atoms. The van der Waals surface area contributed by atoms with Crippen molar-refractivity contribution in [3.05, 3.63) is 66.0 Å². The van der Waals surface area contributed by atoms with Crippen molar-refractivity contribution in [2.24, 2.45) is 7.05 Å². The lowest BCUT2D eigenvalue weighted by atomic mass is 10.2. The van der Waals surface area contributed by atoms with Crippen molar-refractivity contribution in [1.82, 2.24) is 14.8 Å². The Balaban J connectivity index is 1.71. The Hall–Kier alpha value is -2.85. The monoisotopic (exact) mass is 459 g/mol. The van der Waals surface area contributed by atoms with E-state index in [0.717, 1.165) is 17.5 Å². The molecule has 1 heterocycles. The maximum Gasteiger partial charge on any atom is 0.237 e. The Bertz CT molecular complexity index is 1150. The minimum Gasteiger partial charge on any atom is -0.315 e. The van der Waals surface area contributed by atoms with Gasteiger partial charge in [0.25, 0.3) is 0 Å². The molecule has 0 saturated carbocycles. The number of aromatic nitrogens is 3. The van der Waals surface area contributed by atoms with Gasteiger partial charge in [0.2, 0.25) is 15.9 Å². The van der Waals surface area contributed by atoms with Gasteiger partial charge in [-0.15, -0.1) is 10.2 Å². The van der Waals surface area contributed by atoms with Crippen LogP contribution >= 0.6 is 11.8 Å². The molecule has 0 spiro atoms. The zero-order chi connectivity index (χ0) is 22.6. The molecule has 0 aliphatic heterocycles. The number of thioether (sulfide) groups is 1. The maximum absolute atomic E-state index is 12.5. The van der Waals surface area contributed by atoms with Crippen LogP contribution in [0.5, 0.6) is 0 Å². The molecular weight excluding hydrogens is 434 g/mol. The number of aryl methyl sites for hydroxylation is 1. The van der Waals surface area contributed by atoms with Crippen molar-refractivity contribution in [2.75, 3.05) is 28.3 Å². The first kappa shape index (κ1) is 22.8. The number of anilines is 2. The highest BCUT2D eigenvalue weighted by atomic mass is 32.2. The van der Waals surface area contributed by atoms with Crippen molar-refractivity contribution in [3.8, 4) is 0 Å². The lowest BCUT2D eigenvalue weighted by Gasteiger charge is -2.22. The fourth-order valence-electron chi connectivity index (χ4n) is 2.87. The number of sulfonamides is 1. The van der Waals surface area contributed by atoms with Gasteiger partial charge in [0, 0.05) is 19.8 Å². The predicted octanol–water partition coefficient (Wildman–Crippen LogP) is 2.84. The quantitative estimate of drug-likeness (QED) is 0.481. The van der Waals surface area contributed by atoms with Gasteiger partial charge in [0.05, 0.1) is 24.2 Å². The van der Waals surface area contributed by atoms with E-state index in [4.69, 9.17) is 0 Å². The third-order valence-electron chi connectivity index (χ3n) is 4.77. The van der Waals surface area contributed by atoms with Crippen LogP contribution in [0.3, 0.4) is 0 Å². The molecule has 0 atom stereocenters. The van der Waals surface area contributed by atoms with E-state index in [1.165, 1.54) is 16.1 Å². The van der Waals surface area contributed by atoms with Crippen molar-refractivity contribution in [1.29, 1.82) is 0 Å². The summed E-state index contributed by atoms with van der Waals surface area (Å²) < 4.78 is 27.8. The molecule has 1 aromatic heterocycles. The van der Waals surface area contributed by atoms with Crippen molar-refractivity contribution in [2.45, 2.75) is 18.6 Å². The summed E-state index contributed by atoms with van der Waals surface area (Å²) in [7, 11) is -0.0289. The first-order valence-corrected chi connectivity index (χ1v) is 12.4. The summed E-state index contributed by atoms with van der Waals surface area (Å²) in [6, 6.07) is 16.6. The van der Waals surface area contributed by atoms with Gasteiger partial charge >= 0.3 is 0 Å². The molecule has 2 aromatic carbocycles. The van der Waals surface area contributed by atoms with E-state index in [9.17, 15) is 13.2 Å². The molecule has 3 aromatic rings. The van der Waals surface area contributed by atoms with E-state index in [1.807, 2.05) is 49.4 Å². The summed E-state index contributed by atoms with van der Waals surface area (Å²) in [6.07, 6.45) is 1.16. The normalized spacial score (nSPS) is 11.4. The van der Waals surface area contributed by atoms with Crippen LogP contribution in [0.1, 0.15) is 11.4 Å². The number of benzene rings is 2. The molecular formula is C21H25N5O3S2. The van der Waals surface area contributed by atoms with Gasteiger partial charge < -0.3 is 9.47 Å². The largest absolute Gasteiger partial charge is 0.315 e. The maximum atomic E-state index is 12.5. The summed E-state index contributed by atoms with van der Waals surface area (Å²) in [5.74, 6) is 0.598. The Kier molecular flexibility index (Phi) is 7.01. The van der Waals surface area contributed by atoms with Gasteiger partial charge in [0.1, 0.15) is 0 Å². The van der Waals surface area contributed by atoms with E-state index >= 15 is 0 Å². The standard InChI is InChI=1S/C21H25N5O3S2/c1-16-10-12-18(13-11-16)26(31(4,28)29)14-19-22-23-21(25(19)3)30-15-20(27)24(2)17-8-6-5-7-9-17/h5-13H,14-15H2,1-4H3. The van der Waals surface area contributed by atoms with Crippen LogP contribution in [-0.4, -0.2) is 48.1 Å². The number of hydrogen-bond donors (Lipinski definition) is 0. The molecule has 0 unspecified atom stereocenters. The molecule has 0 saturated heterocycles. The van der Waals surface area contributed by atoms with Crippen LogP contribution < -0.4 is 9.21 Å². The zero-order valence-corrected chi connectivity index (χ0v) is 19.5. The number of rotatable bonds is 8. The van der Waals surface area contributed by atoms with Crippen molar-refractivity contribution < 1.29 is 13.2 Å². The smallest absolute Gasteiger partial charge is 0.237 e. The first-order valence-electron chi connectivity index (χ1n) is 9.54. The Morgan fingerprint density at radius 1 is 1.03 bits per heavy atom. The van der Waals surface area contributed by atoms with E-state index in [0.29, 0.717) is 16.7 Å². The molecule has 0 radical (unpaired) electrons. The minimum absolute atomic E-state index is 0.0455. The summed E-state index contributed by atoms with van der Waals surface area (Å²) in [5.41, 5.74) is 2.42. The van der Waals surface area contributed by atoms with Gasteiger partial charge in [-0.2, -0.15) is 0 Å². The van der Waals surface area contributed by atoms with Gasteiger partial charge in [-0.05, 0) is 31.2 Å². The average molecular weight is 460 g/mol. The fraction of sp³-hybridized carbons (Fsp3) is 0.286. The van der Waals surface area contributed by atoms with Gasteiger partial charge in [0.15, 0.2) is 11.0 Å². The minimum atomic E-state index is -3.52. The van der Waals surface area contributed by atoms with Crippen LogP contribution in [0.15, 0.2) is 59.8 Å². The van der Waals surface area contributed by atoms with Crippen LogP contribution in [0.25, 0.3) is 0 Å². The topological polar surface area (TPSA) is 88.4 Å². The van der Waals surface area contributed by atoms with Crippen LogP contribution in [0.4, 0.5) is 11.4 Å². The third kappa shape index (κ3) is 5.65. The van der Waals surface area contributed by atoms with Gasteiger partial charge in [-0.1, -0.05) is 47.7 Å². The average Bonchev–Trinajstić information content (AvgIpc) is 3.09. The van der Waals surface area contributed by atoms with E-state index in [1.54, 1.807) is 35.7 Å². The van der Waals surface area contributed by atoms with Crippen LogP contribution in [0, 0.1) is 6.92 Å². The summed E-state index contributed by atoms with van der Waals surface area (Å²) in [5, 5.41) is 8.84. The Labute approximate surface area is 186 Å². The Morgan fingerprint density at radius 3 is 2.29 bits per heavy atom. The molecule has 10 heteroatoms. The first-order chi connectivity index (χ1) is 14.7. The molecule has 0 N–H and O–H groups in total. The van der Waals surface area contributed by atoms with Crippen LogP contribution in [0.2, 0.25) is 0 Å². The van der Waals surface area contributed by atoms with Crippen LogP contribution in [-0.2, 0) is 28.4 Å². The number of amides is 1. The summed E-state index contributed by atoms with van der Waals surface area (Å²) in [4.78, 5) is 14.1. The molecule has 164 valence electrons. The summed E-state index contributed by atoms with van der Waals surface area (Å²) in [6.45, 7) is 1.99. The molecule has 1 amide bonds. The molecule has 0 bridgehead atoms. The molecule has 0 aliphatic rings. The fourth-order valence-corrected chi connectivity index (χ4v) is 4.57. The van der Waals surface area contributed by atoms with Crippen molar-refractivity contribution in [3.63, 3.8) is 0 Å². The number of carbonyl (C=O) groups is 1. The molecule has 3 rings (SSSR count). The number of nitrogens with zero attached hydrogens (tertiary/aromatic N) is 5. The second kappa shape index (κ2) is 9.52. The number of para-hydroxylation sites is 1. The van der Waals surface area contributed by atoms with Gasteiger partial charge in [-0.3, -0.25) is 9.10 Å². The third-order valence-corrected chi connectivity index (χ3v) is 6.92. The highest BCUT2D eigenvalue weighted by Crippen LogP contribution is 2.23. The van der Waals surface area contributed by atoms with E-state index < -0.39 is 10.0 Å². The number of hydrogen-bond acceptors (Lipinski definition) is 6. The summed E-state index contributed by atoms with van der Waals surface area (Å²) >= 11 is 1.26. The molecule has 0 fully saturated rings. The molecule has 0 aliphatic carbocycles. The second-order valence-electron chi connectivity index (χ2n) is 7.14. The van der Waals surface area contributed by atoms with Gasteiger partial charge in [-0.25, -0.2) is 8.42 Å².